The molecule has 0 bridgehead atoms. The number of fused-ring (bicyclic) bond motifs is 3. The van der Waals surface area contributed by atoms with Gasteiger partial charge in [0.05, 0.1) is 5.69 Å². The molecule has 3 heterocycles. The van der Waals surface area contributed by atoms with Crippen molar-refractivity contribution in [2.45, 2.75) is 93.4 Å². The van der Waals surface area contributed by atoms with Crippen molar-refractivity contribution in [2.75, 3.05) is 0 Å². The first-order valence-electron chi connectivity index (χ1n) is 18.0. The minimum atomic E-state index is -0.132. The average molecular weight is 779 g/mol. The van der Waals surface area contributed by atoms with Crippen LogP contribution < -0.4 is 4.74 Å². The summed E-state index contributed by atoms with van der Waals surface area (Å²) in [4.78, 5) is 4.78. The first-order chi connectivity index (χ1) is 24.1. The van der Waals surface area contributed by atoms with E-state index in [0.717, 1.165) is 56.7 Å². The van der Waals surface area contributed by atoms with Crippen molar-refractivity contribution < 1.29 is 25.2 Å². The Labute approximate surface area is 322 Å². The Hall–Kier alpha value is -4.50. The quantitative estimate of drug-likeness (QED) is 0.125. The van der Waals surface area contributed by atoms with E-state index in [1.165, 1.54) is 33.4 Å². The van der Waals surface area contributed by atoms with E-state index >= 15 is 0 Å². The molecule has 0 aliphatic rings. The van der Waals surface area contributed by atoms with Gasteiger partial charge in [-0.15, -0.1) is 41.3 Å². The van der Waals surface area contributed by atoms with Gasteiger partial charge >= 0.3 is 20.4 Å². The molecule has 0 N–H and O–H groups in total. The molecule has 0 saturated heterocycles. The van der Waals surface area contributed by atoms with Crippen LogP contribution >= 0.6 is 0 Å². The molecule has 6 heteroatoms. The van der Waals surface area contributed by atoms with Crippen LogP contribution in [0.4, 0.5) is 0 Å². The summed E-state index contributed by atoms with van der Waals surface area (Å²) in [6.07, 6.45) is 2.82. The van der Waals surface area contributed by atoms with Crippen LogP contribution in [0, 0.1) is 39.8 Å². The second kappa shape index (κ2) is 13.8. The number of rotatable bonds is 6. The van der Waals surface area contributed by atoms with Gasteiger partial charge in [0.25, 0.3) is 0 Å². The Morgan fingerprint density at radius 2 is 1.38 bits per heavy atom. The molecule has 0 amide bonds. The summed E-state index contributed by atoms with van der Waals surface area (Å²) in [5.41, 5.74) is 13.6. The molecule has 52 heavy (non-hydrogen) atoms. The van der Waals surface area contributed by atoms with Crippen LogP contribution in [-0.4, -0.2) is 19.3 Å². The van der Waals surface area contributed by atoms with Crippen LogP contribution in [0.3, 0.4) is 0 Å². The Bertz CT molecular complexity index is 2430. The number of aromatic nitrogens is 4. The third-order valence-corrected chi connectivity index (χ3v) is 10.1. The zero-order valence-corrected chi connectivity index (χ0v) is 33.8. The van der Waals surface area contributed by atoms with Crippen LogP contribution in [0.15, 0.2) is 79.0 Å². The van der Waals surface area contributed by atoms with E-state index < -0.39 is 0 Å². The summed E-state index contributed by atoms with van der Waals surface area (Å²) in [7, 11) is 0. The van der Waals surface area contributed by atoms with E-state index in [2.05, 4.69) is 160 Å². The van der Waals surface area contributed by atoms with Crippen molar-refractivity contribution in [1.29, 1.82) is 0 Å². The molecule has 0 unspecified atom stereocenters. The SMILES string of the molecule is CCc1ccnc(-n2c3[c-]c(Oc4[c-]c(-n5nc(C)c(-c6c(C)cc(C(C)(C)C)cc6C)c5C)cc(C(C)(C)C)c4)ccc3c3ccccc32)c1.[Pd+2]. The zero-order chi connectivity index (χ0) is 36.4. The Balaban J connectivity index is 0.00000464. The summed E-state index contributed by atoms with van der Waals surface area (Å²) in [5.74, 6) is 2.11. The Morgan fingerprint density at radius 3 is 2.06 bits per heavy atom. The van der Waals surface area contributed by atoms with Crippen molar-refractivity contribution in [3.05, 3.63) is 130 Å². The molecule has 4 aromatic carbocycles. The number of hydrogen-bond donors (Lipinski definition) is 0. The molecule has 0 saturated carbocycles. The summed E-state index contributed by atoms with van der Waals surface area (Å²) >= 11 is 0. The van der Waals surface area contributed by atoms with Crippen LogP contribution in [-0.2, 0) is 37.7 Å². The van der Waals surface area contributed by atoms with Gasteiger partial charge in [-0.05, 0) is 102 Å². The molecule has 7 rings (SSSR count). The van der Waals surface area contributed by atoms with Gasteiger partial charge in [0, 0.05) is 34.5 Å². The van der Waals surface area contributed by atoms with Gasteiger partial charge < -0.3 is 9.30 Å². The number of ether oxygens (including phenoxy) is 1. The maximum atomic E-state index is 6.68. The number of pyridine rings is 1. The minimum absolute atomic E-state index is 0. The topological polar surface area (TPSA) is 44.9 Å². The van der Waals surface area contributed by atoms with Crippen molar-refractivity contribution in [3.8, 4) is 34.1 Å². The van der Waals surface area contributed by atoms with Crippen LogP contribution in [0.2, 0.25) is 0 Å². The molecule has 268 valence electrons. The number of hydrogen-bond acceptors (Lipinski definition) is 3. The number of benzene rings is 4. The number of nitrogens with zero attached hydrogens (tertiary/aromatic N) is 4. The largest absolute Gasteiger partial charge is 2.00 e. The second-order valence-electron chi connectivity index (χ2n) is 16.0. The third-order valence-electron chi connectivity index (χ3n) is 10.1. The monoisotopic (exact) mass is 778 g/mol. The molecule has 0 aliphatic heterocycles. The normalized spacial score (nSPS) is 12.1. The van der Waals surface area contributed by atoms with Crippen LogP contribution in [0.25, 0.3) is 44.4 Å². The molecule has 5 nitrogen and oxygen atoms in total. The molecule has 0 atom stereocenters. The maximum Gasteiger partial charge on any atom is 2.00 e. The Morgan fingerprint density at radius 1 is 0.712 bits per heavy atom. The second-order valence-corrected chi connectivity index (χ2v) is 16.0. The van der Waals surface area contributed by atoms with Gasteiger partial charge in [0.2, 0.25) is 0 Å². The van der Waals surface area contributed by atoms with Crippen molar-refractivity contribution >= 4 is 21.8 Å². The van der Waals surface area contributed by atoms with E-state index in [1.807, 2.05) is 16.9 Å². The first kappa shape index (κ1) is 37.3. The first-order valence-corrected chi connectivity index (χ1v) is 18.0. The van der Waals surface area contributed by atoms with Gasteiger partial charge in [0.15, 0.2) is 0 Å². The van der Waals surface area contributed by atoms with Gasteiger partial charge in [-0.2, -0.15) is 11.2 Å². The molecule has 7 aromatic rings. The van der Waals surface area contributed by atoms with Gasteiger partial charge in [0.1, 0.15) is 5.82 Å². The van der Waals surface area contributed by atoms with Crippen LogP contribution in [0.1, 0.15) is 87.7 Å². The van der Waals surface area contributed by atoms with Crippen LogP contribution in [0.5, 0.6) is 11.5 Å². The third kappa shape index (κ3) is 6.75. The van der Waals surface area contributed by atoms with Crippen molar-refractivity contribution in [1.82, 2.24) is 19.3 Å². The smallest absolute Gasteiger partial charge is 0.509 e. The summed E-state index contributed by atoms with van der Waals surface area (Å²) < 4.78 is 10.9. The zero-order valence-electron chi connectivity index (χ0n) is 32.2. The average Bonchev–Trinajstić information content (AvgIpc) is 3.56. The van der Waals surface area contributed by atoms with E-state index in [0.29, 0.717) is 11.5 Å². The summed E-state index contributed by atoms with van der Waals surface area (Å²) in [6.45, 7) is 24.3. The number of para-hydroxylation sites is 1. The van der Waals surface area contributed by atoms with Crippen molar-refractivity contribution in [3.63, 3.8) is 0 Å². The van der Waals surface area contributed by atoms with E-state index in [4.69, 9.17) is 14.8 Å². The fraction of sp³-hybridized carbons (Fsp3) is 0.304. The molecule has 0 radical (unpaired) electrons. The fourth-order valence-corrected chi connectivity index (χ4v) is 7.25. The van der Waals surface area contributed by atoms with E-state index in [9.17, 15) is 0 Å². The predicted molar refractivity (Wildman–Crippen MR) is 211 cm³/mol. The van der Waals surface area contributed by atoms with E-state index in [-0.39, 0.29) is 31.3 Å². The standard InChI is InChI=1S/C46H48N4O.Pd/c1-12-32-19-20-47-42(23-32)49-40-16-14-13-15-38(40)39-18-17-36(27-41(39)49)51-37-25-34(46(9,10)11)24-35(26-37)50-31(5)44(30(4)48-50)43-28(2)21-33(22-29(43)3)45(6,7)8;/h13-25H,12H2,1-11H3;/q-2;+2. The van der Waals surface area contributed by atoms with Gasteiger partial charge in [-0.3, -0.25) is 4.68 Å². The van der Waals surface area contributed by atoms with Gasteiger partial charge in [-0.25, -0.2) is 4.98 Å². The molecule has 0 fully saturated rings. The summed E-state index contributed by atoms with van der Waals surface area (Å²) in [5, 5.41) is 7.37. The molecule has 0 spiro atoms. The van der Waals surface area contributed by atoms with E-state index in [1.54, 1.807) is 0 Å². The van der Waals surface area contributed by atoms with Crippen molar-refractivity contribution in [2.24, 2.45) is 0 Å². The molecular weight excluding hydrogens is 731 g/mol. The number of aryl methyl sites for hydroxylation is 4. The predicted octanol–water partition coefficient (Wildman–Crippen LogP) is 11.8. The minimum Gasteiger partial charge on any atom is -0.509 e. The fourth-order valence-electron chi connectivity index (χ4n) is 7.25. The molecular formula is C46H48N4OPd. The Kier molecular flexibility index (Phi) is 9.90. The van der Waals surface area contributed by atoms with Gasteiger partial charge in [-0.1, -0.05) is 84.3 Å². The summed E-state index contributed by atoms with van der Waals surface area (Å²) in [6, 6.07) is 33.0. The maximum absolute atomic E-state index is 6.68. The molecule has 3 aromatic heterocycles. The molecule has 0 aliphatic carbocycles.